The largest absolute Gasteiger partial charge is 0.311 e. The molecule has 2 unspecified atom stereocenters. The molecule has 1 saturated heterocycles. The lowest BCUT2D eigenvalue weighted by Gasteiger charge is -2.47. The summed E-state index contributed by atoms with van der Waals surface area (Å²) in [5, 5.41) is 3.75. The topological polar surface area (TPSA) is 15.3 Å². The number of rotatable bonds is 2. The van der Waals surface area contributed by atoms with Crippen LogP contribution in [0.15, 0.2) is 0 Å². The Morgan fingerprint density at radius 3 is 2.38 bits per heavy atom. The van der Waals surface area contributed by atoms with Crippen LogP contribution in [0, 0.1) is 5.41 Å². The number of hydrogen-bond acceptors (Lipinski definition) is 2. The maximum atomic E-state index is 3.75. The van der Waals surface area contributed by atoms with Crippen molar-refractivity contribution in [3.8, 4) is 0 Å². The van der Waals surface area contributed by atoms with Gasteiger partial charge in [0.2, 0.25) is 0 Å². The Morgan fingerprint density at radius 2 is 1.94 bits per heavy atom. The van der Waals surface area contributed by atoms with E-state index in [-0.39, 0.29) is 0 Å². The van der Waals surface area contributed by atoms with Crippen LogP contribution in [0.4, 0.5) is 0 Å². The van der Waals surface area contributed by atoms with Gasteiger partial charge in [0.15, 0.2) is 0 Å². The summed E-state index contributed by atoms with van der Waals surface area (Å²) < 4.78 is 0. The minimum atomic E-state index is 0.377. The molecule has 94 valence electrons. The third-order valence-corrected chi connectivity index (χ3v) is 4.60. The van der Waals surface area contributed by atoms with Crippen LogP contribution in [-0.2, 0) is 0 Å². The van der Waals surface area contributed by atoms with Crippen molar-refractivity contribution in [3.63, 3.8) is 0 Å². The van der Waals surface area contributed by atoms with Crippen LogP contribution in [0.5, 0.6) is 0 Å². The molecular weight excluding hydrogens is 196 g/mol. The summed E-state index contributed by atoms with van der Waals surface area (Å²) in [6.07, 6.45) is 4.08. The Morgan fingerprint density at radius 1 is 1.31 bits per heavy atom. The van der Waals surface area contributed by atoms with Crippen LogP contribution in [0.3, 0.4) is 0 Å². The van der Waals surface area contributed by atoms with Gasteiger partial charge in [0.1, 0.15) is 0 Å². The third-order valence-electron chi connectivity index (χ3n) is 4.60. The molecule has 0 amide bonds. The number of nitrogens with zero attached hydrogens (tertiary/aromatic N) is 1. The first-order valence-electron chi connectivity index (χ1n) is 6.87. The van der Waals surface area contributed by atoms with E-state index in [1.807, 2.05) is 0 Å². The summed E-state index contributed by atoms with van der Waals surface area (Å²) in [6.45, 7) is 14.2. The molecule has 0 radical (unpaired) electrons. The van der Waals surface area contributed by atoms with Crippen LogP contribution < -0.4 is 5.32 Å². The smallest absolute Gasteiger partial charge is 0.0244 e. The van der Waals surface area contributed by atoms with Crippen molar-refractivity contribution in [2.75, 3.05) is 13.1 Å². The quantitative estimate of drug-likeness (QED) is 0.776. The second-order valence-electron chi connectivity index (χ2n) is 7.04. The highest BCUT2D eigenvalue weighted by molar-refractivity contribution is 5.06. The van der Waals surface area contributed by atoms with Crippen LogP contribution in [0.1, 0.15) is 53.9 Å². The monoisotopic (exact) mass is 224 g/mol. The molecule has 1 aliphatic carbocycles. The lowest BCUT2D eigenvalue weighted by molar-refractivity contribution is 0.0434. The van der Waals surface area contributed by atoms with Gasteiger partial charge in [0, 0.05) is 30.7 Å². The second kappa shape index (κ2) is 3.99. The SMILES string of the molecule is CCC1CNC(C(C)(C)C)CN1C1(C)CC1. The number of piperazine rings is 1. The molecule has 2 atom stereocenters. The standard InChI is InChI=1S/C14H28N2/c1-6-11-9-15-12(13(2,3)4)10-16(11)14(5)7-8-14/h11-12,15H,6-10H2,1-5H3. The third kappa shape index (κ3) is 2.28. The van der Waals surface area contributed by atoms with Gasteiger partial charge >= 0.3 is 0 Å². The van der Waals surface area contributed by atoms with Crippen molar-refractivity contribution >= 4 is 0 Å². The molecule has 16 heavy (non-hydrogen) atoms. The van der Waals surface area contributed by atoms with E-state index < -0.39 is 0 Å². The highest BCUT2D eigenvalue weighted by atomic mass is 15.3. The molecular formula is C14H28N2. The molecule has 1 N–H and O–H groups in total. The van der Waals surface area contributed by atoms with Gasteiger partial charge in [-0.05, 0) is 31.6 Å². The Bertz CT molecular complexity index is 250. The highest BCUT2D eigenvalue weighted by Gasteiger charge is 2.48. The average Bonchev–Trinajstić information content (AvgIpc) is 2.95. The molecule has 0 bridgehead atoms. The van der Waals surface area contributed by atoms with E-state index in [0.717, 1.165) is 6.04 Å². The van der Waals surface area contributed by atoms with E-state index in [4.69, 9.17) is 0 Å². The van der Waals surface area contributed by atoms with E-state index in [1.165, 1.54) is 32.4 Å². The minimum Gasteiger partial charge on any atom is -0.311 e. The lowest BCUT2D eigenvalue weighted by atomic mass is 9.84. The summed E-state index contributed by atoms with van der Waals surface area (Å²) in [4.78, 5) is 2.79. The van der Waals surface area contributed by atoms with Crippen molar-refractivity contribution in [1.29, 1.82) is 0 Å². The van der Waals surface area contributed by atoms with Gasteiger partial charge in [0.05, 0.1) is 0 Å². The van der Waals surface area contributed by atoms with Gasteiger partial charge in [-0.2, -0.15) is 0 Å². The fraction of sp³-hybridized carbons (Fsp3) is 1.00. The lowest BCUT2D eigenvalue weighted by Crippen LogP contribution is -2.62. The van der Waals surface area contributed by atoms with E-state index in [1.54, 1.807) is 0 Å². The highest BCUT2D eigenvalue weighted by Crippen LogP contribution is 2.44. The van der Waals surface area contributed by atoms with Gasteiger partial charge in [-0.25, -0.2) is 0 Å². The van der Waals surface area contributed by atoms with E-state index in [0.29, 0.717) is 17.0 Å². The first kappa shape index (κ1) is 12.4. The van der Waals surface area contributed by atoms with Crippen molar-refractivity contribution in [1.82, 2.24) is 10.2 Å². The summed E-state index contributed by atoms with van der Waals surface area (Å²) in [6, 6.07) is 1.40. The summed E-state index contributed by atoms with van der Waals surface area (Å²) in [5.41, 5.74) is 0.911. The van der Waals surface area contributed by atoms with Crippen molar-refractivity contribution < 1.29 is 0 Å². The van der Waals surface area contributed by atoms with E-state index >= 15 is 0 Å². The molecule has 2 fully saturated rings. The normalized spacial score (nSPS) is 35.1. The number of hydrogen-bond donors (Lipinski definition) is 1. The predicted octanol–water partition coefficient (Wildman–Crippen LogP) is 2.64. The van der Waals surface area contributed by atoms with Gasteiger partial charge in [-0.1, -0.05) is 27.7 Å². The first-order valence-corrected chi connectivity index (χ1v) is 6.87. The van der Waals surface area contributed by atoms with Crippen molar-refractivity contribution in [3.05, 3.63) is 0 Å². The molecule has 1 saturated carbocycles. The molecule has 0 aromatic carbocycles. The fourth-order valence-corrected chi connectivity index (χ4v) is 2.87. The predicted molar refractivity (Wildman–Crippen MR) is 69.7 cm³/mol. The summed E-state index contributed by atoms with van der Waals surface area (Å²) >= 11 is 0. The van der Waals surface area contributed by atoms with Gasteiger partial charge in [0.25, 0.3) is 0 Å². The Labute approximate surface area is 101 Å². The number of nitrogens with one attached hydrogen (secondary N) is 1. The molecule has 2 rings (SSSR count). The average molecular weight is 224 g/mol. The zero-order valence-electron chi connectivity index (χ0n) is 11.6. The summed E-state index contributed by atoms with van der Waals surface area (Å²) in [5.74, 6) is 0. The molecule has 0 aromatic rings. The van der Waals surface area contributed by atoms with E-state index in [2.05, 4.69) is 44.8 Å². The van der Waals surface area contributed by atoms with Gasteiger partial charge in [-0.15, -0.1) is 0 Å². The molecule has 0 spiro atoms. The maximum Gasteiger partial charge on any atom is 0.0244 e. The minimum absolute atomic E-state index is 0.377. The molecule has 1 heterocycles. The Hall–Kier alpha value is -0.0800. The molecule has 2 heteroatoms. The zero-order valence-corrected chi connectivity index (χ0v) is 11.6. The second-order valence-corrected chi connectivity index (χ2v) is 7.04. The Kier molecular flexibility index (Phi) is 3.09. The molecule has 2 aliphatic rings. The molecule has 2 nitrogen and oxygen atoms in total. The zero-order chi connectivity index (χ0) is 12.0. The van der Waals surface area contributed by atoms with Crippen LogP contribution in [-0.4, -0.2) is 35.6 Å². The summed E-state index contributed by atoms with van der Waals surface area (Å²) in [7, 11) is 0. The van der Waals surface area contributed by atoms with Crippen molar-refractivity contribution in [2.45, 2.75) is 71.5 Å². The molecule has 1 aliphatic heterocycles. The van der Waals surface area contributed by atoms with Gasteiger partial charge < -0.3 is 5.32 Å². The first-order chi connectivity index (χ1) is 7.37. The van der Waals surface area contributed by atoms with Gasteiger partial charge in [-0.3, -0.25) is 4.90 Å². The van der Waals surface area contributed by atoms with Crippen LogP contribution in [0.25, 0.3) is 0 Å². The van der Waals surface area contributed by atoms with Crippen LogP contribution >= 0.6 is 0 Å². The Balaban J connectivity index is 2.07. The van der Waals surface area contributed by atoms with Crippen molar-refractivity contribution in [2.24, 2.45) is 5.41 Å². The molecule has 0 aromatic heterocycles. The van der Waals surface area contributed by atoms with Crippen LogP contribution in [0.2, 0.25) is 0 Å². The maximum absolute atomic E-state index is 3.75. The van der Waals surface area contributed by atoms with E-state index in [9.17, 15) is 0 Å². The fourth-order valence-electron chi connectivity index (χ4n) is 2.87.